The maximum atomic E-state index is 12.2. The van der Waals surface area contributed by atoms with Crippen molar-refractivity contribution in [1.82, 2.24) is 5.32 Å². The minimum Gasteiger partial charge on any atom is -0.507 e. The summed E-state index contributed by atoms with van der Waals surface area (Å²) < 4.78 is 0. The summed E-state index contributed by atoms with van der Waals surface area (Å²) >= 11 is 0.985. The lowest BCUT2D eigenvalue weighted by molar-refractivity contribution is -0.118. The molecule has 2 aromatic carbocycles. The highest BCUT2D eigenvalue weighted by molar-refractivity contribution is 8.15. The molecule has 2 N–H and O–H groups in total. The Kier molecular flexibility index (Phi) is 5.00. The number of carbonyl (C=O) groups excluding carboxylic acids is 3. The monoisotopic (exact) mass is 353 g/mol. The van der Waals surface area contributed by atoms with Gasteiger partial charge in [-0.2, -0.15) is 0 Å². The van der Waals surface area contributed by atoms with Crippen molar-refractivity contribution in [3.8, 4) is 5.75 Å². The van der Waals surface area contributed by atoms with Crippen molar-refractivity contribution in [1.29, 1.82) is 0 Å². The van der Waals surface area contributed by atoms with E-state index in [0.717, 1.165) is 17.3 Å². The highest BCUT2D eigenvalue weighted by Gasteiger charge is 2.31. The lowest BCUT2D eigenvalue weighted by Gasteiger charge is -2.05. The largest absolute Gasteiger partial charge is 0.507 e. The van der Waals surface area contributed by atoms with Gasteiger partial charge in [-0.1, -0.05) is 54.2 Å². The van der Waals surface area contributed by atoms with Crippen LogP contribution in [0, 0.1) is 0 Å². The summed E-state index contributed by atoms with van der Waals surface area (Å²) in [5.41, 5.74) is 1.96. The van der Waals surface area contributed by atoms with Crippen LogP contribution in [0.25, 0.3) is 6.08 Å². The average Bonchev–Trinajstić information content (AvgIpc) is 2.92. The maximum absolute atomic E-state index is 12.2. The van der Waals surface area contributed by atoms with Gasteiger partial charge in [-0.25, -0.2) is 0 Å². The molecule has 0 radical (unpaired) electrons. The number of thioether (sulfide) groups is 1. The van der Waals surface area contributed by atoms with Crippen LogP contribution in [0.3, 0.4) is 0 Å². The number of imide groups is 1. The molecule has 1 atom stereocenters. The van der Waals surface area contributed by atoms with Crippen molar-refractivity contribution in [3.63, 3.8) is 0 Å². The second-order valence-corrected chi connectivity index (χ2v) is 6.72. The van der Waals surface area contributed by atoms with Gasteiger partial charge in [-0.05, 0) is 30.2 Å². The molecular weight excluding hydrogens is 338 g/mol. The van der Waals surface area contributed by atoms with Crippen molar-refractivity contribution < 1.29 is 19.5 Å². The molecule has 0 bridgehead atoms. The zero-order chi connectivity index (χ0) is 17.8. The Labute approximate surface area is 148 Å². The summed E-state index contributed by atoms with van der Waals surface area (Å²) in [6, 6.07) is 13.7. The van der Waals surface area contributed by atoms with Gasteiger partial charge in [0.05, 0.1) is 5.25 Å². The van der Waals surface area contributed by atoms with Crippen molar-refractivity contribution >= 4 is 34.8 Å². The molecule has 1 aliphatic rings. The van der Waals surface area contributed by atoms with Crippen LogP contribution in [-0.4, -0.2) is 27.3 Å². The minimum atomic E-state index is -0.421. The van der Waals surface area contributed by atoms with E-state index in [0.29, 0.717) is 17.5 Å². The predicted octanol–water partition coefficient (Wildman–Crippen LogP) is 3.18. The summed E-state index contributed by atoms with van der Waals surface area (Å²) in [6.07, 6.45) is 3.41. The Morgan fingerprint density at radius 3 is 2.48 bits per heavy atom. The van der Waals surface area contributed by atoms with E-state index in [4.69, 9.17) is 0 Å². The van der Waals surface area contributed by atoms with E-state index in [1.165, 1.54) is 6.08 Å². The fourth-order valence-corrected chi connectivity index (χ4v) is 3.30. The molecule has 1 fully saturated rings. The number of hydrogen-bond donors (Lipinski definition) is 2. The van der Waals surface area contributed by atoms with Gasteiger partial charge in [0.15, 0.2) is 5.78 Å². The van der Waals surface area contributed by atoms with E-state index in [2.05, 4.69) is 5.32 Å². The highest BCUT2D eigenvalue weighted by Crippen LogP contribution is 2.23. The Bertz CT molecular complexity index is 858. The number of carbonyl (C=O) groups is 3. The molecule has 0 aromatic heterocycles. The number of nitrogens with one attached hydrogen (secondary N) is 1. The van der Waals surface area contributed by atoms with Gasteiger partial charge in [0, 0.05) is 11.1 Å². The third kappa shape index (κ3) is 4.16. The molecular formula is C19H15NO4S. The van der Waals surface area contributed by atoms with Crippen LogP contribution in [0.15, 0.2) is 54.6 Å². The molecule has 1 unspecified atom stereocenters. The van der Waals surface area contributed by atoms with E-state index in [1.807, 2.05) is 0 Å². The summed E-state index contributed by atoms with van der Waals surface area (Å²) in [5, 5.41) is 11.2. The van der Waals surface area contributed by atoms with Crippen molar-refractivity contribution in [2.75, 3.05) is 0 Å². The number of amides is 2. The van der Waals surface area contributed by atoms with Crippen molar-refractivity contribution in [3.05, 3.63) is 71.3 Å². The third-order valence-electron chi connectivity index (χ3n) is 3.78. The third-order valence-corrected chi connectivity index (χ3v) is 4.76. The fraction of sp³-hybridized carbons (Fsp3) is 0.105. The minimum absolute atomic E-state index is 0.115. The first-order valence-electron chi connectivity index (χ1n) is 7.64. The molecule has 0 aliphatic carbocycles. The molecule has 25 heavy (non-hydrogen) atoms. The number of hydrogen-bond acceptors (Lipinski definition) is 5. The second kappa shape index (κ2) is 7.36. The van der Waals surface area contributed by atoms with Gasteiger partial charge in [-0.15, -0.1) is 0 Å². The van der Waals surface area contributed by atoms with Gasteiger partial charge in [-0.3, -0.25) is 19.7 Å². The van der Waals surface area contributed by atoms with Gasteiger partial charge >= 0.3 is 0 Å². The SMILES string of the molecule is O=C1NC(=O)C(Cc2ccc(C(=O)/C=C/c3ccccc3O)cc2)S1. The van der Waals surface area contributed by atoms with E-state index in [1.54, 1.807) is 54.6 Å². The number of phenolic OH excluding ortho intramolecular Hbond substituents is 1. The smallest absolute Gasteiger partial charge is 0.286 e. The van der Waals surface area contributed by atoms with Crippen LogP contribution in [0.1, 0.15) is 21.5 Å². The highest BCUT2D eigenvalue weighted by atomic mass is 32.2. The molecule has 5 nitrogen and oxygen atoms in total. The lowest BCUT2D eigenvalue weighted by atomic mass is 10.0. The Morgan fingerprint density at radius 2 is 1.84 bits per heavy atom. The normalized spacial score (nSPS) is 17.0. The lowest BCUT2D eigenvalue weighted by Crippen LogP contribution is -2.25. The number of phenols is 1. The van der Waals surface area contributed by atoms with Crippen LogP contribution in [-0.2, 0) is 11.2 Å². The molecule has 126 valence electrons. The van der Waals surface area contributed by atoms with Gasteiger partial charge in [0.25, 0.3) is 5.24 Å². The molecule has 6 heteroatoms. The standard InChI is InChI=1S/C19H15NO4S/c21-15-4-2-1-3-13(15)9-10-16(22)14-7-5-12(6-8-14)11-17-18(23)20-19(24)25-17/h1-10,17,21H,11H2,(H,20,23,24)/b10-9+. The molecule has 0 spiro atoms. The fourth-order valence-electron chi connectivity index (χ4n) is 2.44. The second-order valence-electron chi connectivity index (χ2n) is 5.54. The molecule has 1 saturated heterocycles. The Balaban J connectivity index is 1.66. The summed E-state index contributed by atoms with van der Waals surface area (Å²) in [7, 11) is 0. The number of benzene rings is 2. The number of ketones is 1. The van der Waals surface area contributed by atoms with Crippen LogP contribution in [0.2, 0.25) is 0 Å². The van der Waals surface area contributed by atoms with Crippen LogP contribution in [0.4, 0.5) is 4.79 Å². The van der Waals surface area contributed by atoms with Crippen molar-refractivity contribution in [2.24, 2.45) is 0 Å². The number of rotatable bonds is 5. The van der Waals surface area contributed by atoms with E-state index in [9.17, 15) is 19.5 Å². The van der Waals surface area contributed by atoms with Crippen molar-refractivity contribution in [2.45, 2.75) is 11.7 Å². The quantitative estimate of drug-likeness (QED) is 0.637. The molecule has 3 rings (SSSR count). The van der Waals surface area contributed by atoms with Crippen LogP contribution >= 0.6 is 11.8 Å². The summed E-state index contributed by atoms with van der Waals surface area (Å²) in [5.74, 6) is -0.345. The number of para-hydroxylation sites is 1. The van der Waals surface area contributed by atoms with Gasteiger partial charge in [0.1, 0.15) is 5.75 Å². The van der Waals surface area contributed by atoms with Gasteiger partial charge in [0.2, 0.25) is 5.91 Å². The first-order chi connectivity index (χ1) is 12.0. The summed E-state index contributed by atoms with van der Waals surface area (Å²) in [4.78, 5) is 34.9. The molecule has 0 saturated carbocycles. The molecule has 1 heterocycles. The van der Waals surface area contributed by atoms with Crippen LogP contribution in [0.5, 0.6) is 5.75 Å². The average molecular weight is 353 g/mol. The Morgan fingerprint density at radius 1 is 1.12 bits per heavy atom. The van der Waals surface area contributed by atoms with Crippen LogP contribution < -0.4 is 5.32 Å². The first-order valence-corrected chi connectivity index (χ1v) is 8.52. The van der Waals surface area contributed by atoms with E-state index in [-0.39, 0.29) is 22.7 Å². The predicted molar refractivity (Wildman–Crippen MR) is 96.5 cm³/mol. The topological polar surface area (TPSA) is 83.5 Å². The summed E-state index contributed by atoms with van der Waals surface area (Å²) in [6.45, 7) is 0. The molecule has 2 aromatic rings. The van der Waals surface area contributed by atoms with E-state index >= 15 is 0 Å². The number of allylic oxidation sites excluding steroid dienone is 1. The zero-order valence-corrected chi connectivity index (χ0v) is 14.0. The zero-order valence-electron chi connectivity index (χ0n) is 13.1. The first kappa shape index (κ1) is 17.0. The molecule has 2 amide bonds. The molecule has 1 aliphatic heterocycles. The Hall–Kier alpha value is -2.86. The van der Waals surface area contributed by atoms with Gasteiger partial charge < -0.3 is 5.11 Å². The van der Waals surface area contributed by atoms with E-state index < -0.39 is 5.25 Å². The maximum Gasteiger partial charge on any atom is 0.286 e. The number of aromatic hydroxyl groups is 1.